The molecule has 2 aliphatic carbocycles. The number of aliphatic hydroxyl groups is 1. The summed E-state index contributed by atoms with van der Waals surface area (Å²) in [5.41, 5.74) is 2.07. The third-order valence-electron chi connectivity index (χ3n) is 5.65. The first-order chi connectivity index (χ1) is 9.71. The summed E-state index contributed by atoms with van der Waals surface area (Å²) < 4.78 is 0. The minimum Gasteiger partial charge on any atom is -0.385 e. The SMILES string of the molecule is CCCC1CCC(O)(c2ccc(C3CCC3)cc2)CC1. The summed E-state index contributed by atoms with van der Waals surface area (Å²) in [6.07, 6.45) is 11.0. The van der Waals surface area contributed by atoms with Crippen LogP contribution in [0.4, 0.5) is 0 Å². The molecule has 0 radical (unpaired) electrons. The average molecular weight is 272 g/mol. The molecule has 3 rings (SSSR count). The van der Waals surface area contributed by atoms with Crippen molar-refractivity contribution in [2.75, 3.05) is 0 Å². The van der Waals surface area contributed by atoms with Crippen LogP contribution in [0.2, 0.25) is 0 Å². The number of hydrogen-bond donors (Lipinski definition) is 1. The second-order valence-corrected chi connectivity index (χ2v) is 7.01. The maximum Gasteiger partial charge on any atom is 0.0896 e. The van der Waals surface area contributed by atoms with Crippen LogP contribution in [0.5, 0.6) is 0 Å². The van der Waals surface area contributed by atoms with Gasteiger partial charge >= 0.3 is 0 Å². The lowest BCUT2D eigenvalue weighted by Crippen LogP contribution is -2.31. The monoisotopic (exact) mass is 272 g/mol. The average Bonchev–Trinajstić information content (AvgIpc) is 2.41. The molecule has 1 nitrogen and oxygen atoms in total. The molecule has 0 amide bonds. The van der Waals surface area contributed by atoms with Gasteiger partial charge in [-0.3, -0.25) is 0 Å². The number of benzene rings is 1. The Labute approximate surface area is 123 Å². The van der Waals surface area contributed by atoms with E-state index in [0.29, 0.717) is 0 Å². The Balaban J connectivity index is 1.65. The van der Waals surface area contributed by atoms with Crippen LogP contribution >= 0.6 is 0 Å². The van der Waals surface area contributed by atoms with E-state index in [1.54, 1.807) is 0 Å². The minimum absolute atomic E-state index is 0.553. The molecule has 0 bridgehead atoms. The van der Waals surface area contributed by atoms with Gasteiger partial charge in [0.1, 0.15) is 0 Å². The van der Waals surface area contributed by atoms with Crippen LogP contribution in [0.25, 0.3) is 0 Å². The Kier molecular flexibility index (Phi) is 4.16. The van der Waals surface area contributed by atoms with Gasteiger partial charge in [-0.1, -0.05) is 50.5 Å². The lowest BCUT2D eigenvalue weighted by molar-refractivity contribution is -0.0152. The zero-order valence-electron chi connectivity index (χ0n) is 12.8. The van der Waals surface area contributed by atoms with E-state index < -0.39 is 5.60 Å². The van der Waals surface area contributed by atoms with Gasteiger partial charge < -0.3 is 5.11 Å². The fraction of sp³-hybridized carbons (Fsp3) is 0.684. The second kappa shape index (κ2) is 5.89. The smallest absolute Gasteiger partial charge is 0.0896 e. The topological polar surface area (TPSA) is 20.2 Å². The van der Waals surface area contributed by atoms with Crippen molar-refractivity contribution in [3.8, 4) is 0 Å². The summed E-state index contributed by atoms with van der Waals surface area (Å²) in [6, 6.07) is 8.89. The molecule has 2 fully saturated rings. The first kappa shape index (κ1) is 14.1. The fourth-order valence-electron chi connectivity index (χ4n) is 3.95. The Morgan fingerprint density at radius 3 is 2.20 bits per heavy atom. The molecule has 0 aliphatic heterocycles. The maximum atomic E-state index is 10.9. The van der Waals surface area contributed by atoms with Crippen molar-refractivity contribution in [2.45, 2.75) is 76.2 Å². The molecular formula is C19H28O. The molecule has 110 valence electrons. The van der Waals surface area contributed by atoms with Crippen molar-refractivity contribution >= 4 is 0 Å². The molecule has 1 aromatic carbocycles. The van der Waals surface area contributed by atoms with Crippen molar-refractivity contribution in [2.24, 2.45) is 5.92 Å². The Morgan fingerprint density at radius 1 is 1.05 bits per heavy atom. The van der Waals surface area contributed by atoms with Crippen LogP contribution in [0.3, 0.4) is 0 Å². The van der Waals surface area contributed by atoms with Gasteiger partial charge in [0.25, 0.3) is 0 Å². The highest BCUT2D eigenvalue weighted by Gasteiger charge is 2.34. The van der Waals surface area contributed by atoms with E-state index in [1.165, 1.54) is 50.5 Å². The summed E-state index contributed by atoms with van der Waals surface area (Å²) in [6.45, 7) is 2.26. The normalized spacial score (nSPS) is 31.0. The fourth-order valence-corrected chi connectivity index (χ4v) is 3.95. The van der Waals surface area contributed by atoms with Gasteiger partial charge in [-0.25, -0.2) is 0 Å². The second-order valence-electron chi connectivity index (χ2n) is 7.01. The molecule has 0 heterocycles. The van der Waals surface area contributed by atoms with Crippen LogP contribution in [0.1, 0.15) is 81.8 Å². The molecule has 1 N–H and O–H groups in total. The van der Waals surface area contributed by atoms with E-state index >= 15 is 0 Å². The highest BCUT2D eigenvalue weighted by atomic mass is 16.3. The predicted molar refractivity (Wildman–Crippen MR) is 83.8 cm³/mol. The van der Waals surface area contributed by atoms with E-state index in [9.17, 15) is 5.11 Å². The zero-order valence-corrected chi connectivity index (χ0v) is 12.8. The van der Waals surface area contributed by atoms with Crippen molar-refractivity contribution in [3.63, 3.8) is 0 Å². The van der Waals surface area contributed by atoms with Crippen LogP contribution in [0, 0.1) is 5.92 Å². The number of hydrogen-bond acceptors (Lipinski definition) is 1. The van der Waals surface area contributed by atoms with Crippen molar-refractivity contribution in [1.29, 1.82) is 0 Å². The van der Waals surface area contributed by atoms with E-state index in [0.717, 1.165) is 30.2 Å². The molecule has 0 aromatic heterocycles. The minimum atomic E-state index is -0.553. The standard InChI is InChI=1S/C19H28O/c1-2-4-15-11-13-19(20,14-12-15)18-9-7-17(8-10-18)16-5-3-6-16/h7-10,15-16,20H,2-6,11-14H2,1H3. The van der Waals surface area contributed by atoms with Gasteiger partial charge in [-0.15, -0.1) is 0 Å². The largest absolute Gasteiger partial charge is 0.385 e. The maximum absolute atomic E-state index is 10.9. The van der Waals surface area contributed by atoms with Crippen LogP contribution in [-0.2, 0) is 5.60 Å². The molecule has 2 saturated carbocycles. The lowest BCUT2D eigenvalue weighted by atomic mass is 9.73. The van der Waals surface area contributed by atoms with Gasteiger partial charge in [0.05, 0.1) is 5.60 Å². The first-order valence-electron chi connectivity index (χ1n) is 8.54. The van der Waals surface area contributed by atoms with Gasteiger partial charge in [-0.2, -0.15) is 0 Å². The molecule has 0 atom stereocenters. The van der Waals surface area contributed by atoms with Gasteiger partial charge in [-0.05, 0) is 61.5 Å². The van der Waals surface area contributed by atoms with Crippen LogP contribution in [-0.4, -0.2) is 5.11 Å². The number of rotatable bonds is 4. The predicted octanol–water partition coefficient (Wildman–Crippen LogP) is 5.13. The Hall–Kier alpha value is -0.820. The highest BCUT2D eigenvalue weighted by Crippen LogP contribution is 2.42. The van der Waals surface area contributed by atoms with E-state index in [1.807, 2.05) is 0 Å². The third kappa shape index (κ3) is 2.79. The van der Waals surface area contributed by atoms with Crippen molar-refractivity contribution in [3.05, 3.63) is 35.4 Å². The summed E-state index contributed by atoms with van der Waals surface area (Å²) in [4.78, 5) is 0. The Bertz CT molecular complexity index is 422. The summed E-state index contributed by atoms with van der Waals surface area (Å²) in [5, 5.41) is 10.9. The van der Waals surface area contributed by atoms with E-state index in [2.05, 4.69) is 31.2 Å². The lowest BCUT2D eigenvalue weighted by Gasteiger charge is -2.37. The molecule has 1 aromatic rings. The van der Waals surface area contributed by atoms with Gasteiger partial charge in [0.2, 0.25) is 0 Å². The van der Waals surface area contributed by atoms with E-state index in [-0.39, 0.29) is 0 Å². The van der Waals surface area contributed by atoms with Crippen molar-refractivity contribution in [1.82, 2.24) is 0 Å². The van der Waals surface area contributed by atoms with Crippen LogP contribution in [0.15, 0.2) is 24.3 Å². The molecule has 0 unspecified atom stereocenters. The van der Waals surface area contributed by atoms with Gasteiger partial charge in [0, 0.05) is 0 Å². The summed E-state index contributed by atoms with van der Waals surface area (Å²) in [5.74, 6) is 1.63. The highest BCUT2D eigenvalue weighted by molar-refractivity contribution is 5.30. The summed E-state index contributed by atoms with van der Waals surface area (Å²) >= 11 is 0. The molecule has 0 spiro atoms. The molecule has 2 aliphatic rings. The quantitative estimate of drug-likeness (QED) is 0.805. The summed E-state index contributed by atoms with van der Waals surface area (Å²) in [7, 11) is 0. The van der Waals surface area contributed by atoms with Crippen LogP contribution < -0.4 is 0 Å². The molecule has 1 heteroatoms. The molecule has 20 heavy (non-hydrogen) atoms. The van der Waals surface area contributed by atoms with Gasteiger partial charge in [0.15, 0.2) is 0 Å². The van der Waals surface area contributed by atoms with Crippen molar-refractivity contribution < 1.29 is 5.11 Å². The third-order valence-corrected chi connectivity index (χ3v) is 5.65. The molecule has 0 saturated heterocycles. The molecular weight excluding hydrogens is 244 g/mol. The van der Waals surface area contributed by atoms with E-state index in [4.69, 9.17) is 0 Å². The zero-order chi connectivity index (χ0) is 14.0. The first-order valence-corrected chi connectivity index (χ1v) is 8.54. The Morgan fingerprint density at radius 2 is 1.70 bits per heavy atom.